The van der Waals surface area contributed by atoms with Crippen LogP contribution in [0, 0.1) is 47.3 Å². The molecule has 2 N–H and O–H groups in total. The lowest BCUT2D eigenvalue weighted by Crippen LogP contribution is -2.54. The SMILES string of the molecule is C#C[C@]1(O)CCC2C3CC[C@H]4C[C@@H](O)CCC4C3CC[C@@]21CC. The lowest BCUT2D eigenvalue weighted by Gasteiger charge is -2.57. The van der Waals surface area contributed by atoms with E-state index < -0.39 is 5.60 Å². The largest absolute Gasteiger partial charge is 0.393 e. The molecular formula is C21H32O2. The zero-order valence-corrected chi connectivity index (χ0v) is 14.5. The van der Waals surface area contributed by atoms with Gasteiger partial charge in [0.05, 0.1) is 6.10 Å². The van der Waals surface area contributed by atoms with Gasteiger partial charge in [0.25, 0.3) is 0 Å². The number of fused-ring (bicyclic) bond motifs is 5. The van der Waals surface area contributed by atoms with Crippen molar-refractivity contribution in [3.63, 3.8) is 0 Å². The molecule has 0 radical (unpaired) electrons. The molecule has 2 nitrogen and oxygen atoms in total. The molecule has 0 spiro atoms. The molecule has 4 unspecified atom stereocenters. The minimum atomic E-state index is -0.864. The van der Waals surface area contributed by atoms with Crippen molar-refractivity contribution in [2.45, 2.75) is 82.8 Å². The molecule has 0 saturated heterocycles. The maximum Gasteiger partial charge on any atom is 0.131 e. The number of hydrogen-bond donors (Lipinski definition) is 2. The van der Waals surface area contributed by atoms with E-state index in [1.807, 2.05) is 0 Å². The first kappa shape index (κ1) is 16.0. The summed E-state index contributed by atoms with van der Waals surface area (Å²) in [6.45, 7) is 2.24. The van der Waals surface area contributed by atoms with E-state index in [2.05, 4.69) is 12.8 Å². The van der Waals surface area contributed by atoms with Gasteiger partial charge >= 0.3 is 0 Å². The molecule has 0 heterocycles. The molecule has 4 fully saturated rings. The van der Waals surface area contributed by atoms with Gasteiger partial charge in [-0.15, -0.1) is 6.42 Å². The van der Waals surface area contributed by atoms with Crippen LogP contribution in [0.3, 0.4) is 0 Å². The molecular weight excluding hydrogens is 284 g/mol. The highest BCUT2D eigenvalue weighted by atomic mass is 16.3. The third-order valence-electron chi connectivity index (χ3n) is 8.65. The Kier molecular flexibility index (Phi) is 3.82. The maximum atomic E-state index is 11.1. The lowest BCUT2D eigenvalue weighted by atomic mass is 9.48. The van der Waals surface area contributed by atoms with E-state index in [0.29, 0.717) is 5.92 Å². The van der Waals surface area contributed by atoms with Crippen LogP contribution >= 0.6 is 0 Å². The van der Waals surface area contributed by atoms with Gasteiger partial charge in [0.2, 0.25) is 0 Å². The molecule has 4 saturated carbocycles. The van der Waals surface area contributed by atoms with E-state index in [1.54, 1.807) is 0 Å². The Balaban J connectivity index is 1.62. The standard InChI is InChI=1S/C21H32O2/c1-3-20-11-9-17-16-8-6-15(22)13-14(16)5-7-18(17)19(20)10-12-21(20,23)4-2/h2,14-19,22-23H,3,5-13H2,1H3/t14-,15-,16?,17?,18?,19?,20-,21-/m0/s1. The van der Waals surface area contributed by atoms with Crippen LogP contribution in [-0.4, -0.2) is 21.9 Å². The van der Waals surface area contributed by atoms with Crippen molar-refractivity contribution in [2.24, 2.45) is 35.0 Å². The predicted octanol–water partition coefficient (Wildman–Crippen LogP) is 3.75. The van der Waals surface area contributed by atoms with Crippen molar-refractivity contribution in [3.8, 4) is 12.3 Å². The minimum absolute atomic E-state index is 0.0239. The summed E-state index contributed by atoms with van der Waals surface area (Å²) in [5, 5.41) is 21.2. The van der Waals surface area contributed by atoms with Gasteiger partial charge in [0.15, 0.2) is 0 Å². The fourth-order valence-electron chi connectivity index (χ4n) is 7.61. The van der Waals surface area contributed by atoms with Crippen LogP contribution in [0.15, 0.2) is 0 Å². The highest BCUT2D eigenvalue weighted by Crippen LogP contribution is 2.66. The minimum Gasteiger partial charge on any atom is -0.393 e. The summed E-state index contributed by atoms with van der Waals surface area (Å²) in [7, 11) is 0. The van der Waals surface area contributed by atoms with Crippen molar-refractivity contribution in [2.75, 3.05) is 0 Å². The summed E-state index contributed by atoms with van der Waals surface area (Å²) >= 11 is 0. The number of hydrogen-bond acceptors (Lipinski definition) is 2. The summed E-state index contributed by atoms with van der Waals surface area (Å²) in [5.41, 5.74) is -0.888. The van der Waals surface area contributed by atoms with Gasteiger partial charge in [-0.05, 0) is 93.8 Å². The van der Waals surface area contributed by atoms with E-state index in [4.69, 9.17) is 6.42 Å². The van der Waals surface area contributed by atoms with Gasteiger partial charge in [-0.1, -0.05) is 12.8 Å². The molecule has 0 aromatic rings. The van der Waals surface area contributed by atoms with Crippen molar-refractivity contribution in [3.05, 3.63) is 0 Å². The van der Waals surface area contributed by atoms with Gasteiger partial charge in [-0.25, -0.2) is 0 Å². The van der Waals surface area contributed by atoms with Gasteiger partial charge in [-0.2, -0.15) is 0 Å². The summed E-state index contributed by atoms with van der Waals surface area (Å²) < 4.78 is 0. The molecule has 2 heteroatoms. The summed E-state index contributed by atoms with van der Waals surface area (Å²) in [6.07, 6.45) is 16.9. The first-order valence-electron chi connectivity index (χ1n) is 9.93. The Morgan fingerprint density at radius 2 is 1.78 bits per heavy atom. The van der Waals surface area contributed by atoms with E-state index in [-0.39, 0.29) is 11.5 Å². The van der Waals surface area contributed by atoms with Gasteiger partial charge in [0, 0.05) is 5.41 Å². The second-order valence-electron chi connectivity index (χ2n) is 8.99. The Morgan fingerprint density at radius 3 is 2.52 bits per heavy atom. The molecule has 0 aliphatic heterocycles. The average molecular weight is 316 g/mol. The molecule has 0 bridgehead atoms. The number of aliphatic hydroxyl groups is 2. The summed E-state index contributed by atoms with van der Waals surface area (Å²) in [5.74, 6) is 6.61. The van der Waals surface area contributed by atoms with Crippen LogP contribution in [0.5, 0.6) is 0 Å². The van der Waals surface area contributed by atoms with Gasteiger partial charge in [-0.3, -0.25) is 0 Å². The first-order chi connectivity index (χ1) is 11.0. The van der Waals surface area contributed by atoms with Crippen molar-refractivity contribution in [1.82, 2.24) is 0 Å². The number of aliphatic hydroxyl groups excluding tert-OH is 1. The Morgan fingerprint density at radius 1 is 1.00 bits per heavy atom. The molecule has 0 aromatic heterocycles. The van der Waals surface area contributed by atoms with Crippen molar-refractivity contribution < 1.29 is 10.2 Å². The Bertz CT molecular complexity index is 508. The van der Waals surface area contributed by atoms with E-state index in [0.717, 1.165) is 62.2 Å². The molecule has 4 rings (SSSR count). The normalized spacial score (nSPS) is 55.4. The Hall–Kier alpha value is -0.520. The van der Waals surface area contributed by atoms with Crippen LogP contribution in [0.1, 0.15) is 71.1 Å². The highest BCUT2D eigenvalue weighted by molar-refractivity contribution is 5.24. The summed E-state index contributed by atoms with van der Waals surface area (Å²) in [4.78, 5) is 0. The fourth-order valence-corrected chi connectivity index (χ4v) is 7.61. The molecule has 0 aromatic carbocycles. The second-order valence-corrected chi connectivity index (χ2v) is 8.99. The zero-order valence-electron chi connectivity index (χ0n) is 14.5. The zero-order chi connectivity index (χ0) is 16.2. The van der Waals surface area contributed by atoms with Crippen molar-refractivity contribution >= 4 is 0 Å². The highest BCUT2D eigenvalue weighted by Gasteiger charge is 2.63. The topological polar surface area (TPSA) is 40.5 Å². The second kappa shape index (κ2) is 5.50. The van der Waals surface area contributed by atoms with Gasteiger partial charge < -0.3 is 10.2 Å². The van der Waals surface area contributed by atoms with Crippen molar-refractivity contribution in [1.29, 1.82) is 0 Å². The smallest absolute Gasteiger partial charge is 0.131 e. The van der Waals surface area contributed by atoms with E-state index in [9.17, 15) is 10.2 Å². The van der Waals surface area contributed by atoms with Crippen LogP contribution in [0.2, 0.25) is 0 Å². The monoisotopic (exact) mass is 316 g/mol. The van der Waals surface area contributed by atoms with Gasteiger partial charge in [0.1, 0.15) is 5.60 Å². The predicted molar refractivity (Wildman–Crippen MR) is 91.5 cm³/mol. The van der Waals surface area contributed by atoms with Crippen LogP contribution in [0.25, 0.3) is 0 Å². The molecule has 0 amide bonds. The van der Waals surface area contributed by atoms with Crippen LogP contribution in [0.4, 0.5) is 0 Å². The third kappa shape index (κ3) is 2.09. The fraction of sp³-hybridized carbons (Fsp3) is 0.905. The molecule has 23 heavy (non-hydrogen) atoms. The van der Waals surface area contributed by atoms with Crippen LogP contribution < -0.4 is 0 Å². The van der Waals surface area contributed by atoms with E-state index >= 15 is 0 Å². The molecule has 128 valence electrons. The molecule has 4 aliphatic carbocycles. The summed E-state index contributed by atoms with van der Waals surface area (Å²) in [6, 6.07) is 0. The van der Waals surface area contributed by atoms with E-state index in [1.165, 1.54) is 25.7 Å². The maximum absolute atomic E-state index is 11.1. The Labute approximate surface area is 141 Å². The lowest BCUT2D eigenvalue weighted by molar-refractivity contribution is -0.121. The third-order valence-corrected chi connectivity index (χ3v) is 8.65. The average Bonchev–Trinajstić information content (AvgIpc) is 2.88. The first-order valence-corrected chi connectivity index (χ1v) is 9.93. The molecule has 8 atom stereocenters. The molecule has 4 aliphatic rings. The number of terminal acetylenes is 1. The number of rotatable bonds is 1. The quantitative estimate of drug-likeness (QED) is 0.723. The van der Waals surface area contributed by atoms with Crippen LogP contribution in [-0.2, 0) is 0 Å².